The van der Waals surface area contributed by atoms with E-state index in [0.29, 0.717) is 0 Å². The van der Waals surface area contributed by atoms with Crippen LogP contribution in [-0.2, 0) is 0 Å². The number of benzene rings is 12. The van der Waals surface area contributed by atoms with Crippen molar-refractivity contribution in [3.05, 3.63) is 328 Å². The Balaban J connectivity index is 0.924. The van der Waals surface area contributed by atoms with Crippen molar-refractivity contribution in [2.45, 2.75) is 0 Å². The van der Waals surface area contributed by atoms with Gasteiger partial charge in [0.2, 0.25) is 0 Å². The average Bonchev–Trinajstić information content (AvgIpc) is 3.52. The summed E-state index contributed by atoms with van der Waals surface area (Å²) in [6.07, 6.45) is 0. The number of hydrogen-bond donors (Lipinski definition) is 0. The minimum absolute atomic E-state index is 1.04. The fourth-order valence-corrected chi connectivity index (χ4v) is 10.1. The number of rotatable bonds is 15. The van der Waals surface area contributed by atoms with E-state index in [-0.39, 0.29) is 0 Å². The van der Waals surface area contributed by atoms with Crippen molar-refractivity contribution in [2.75, 3.05) is 19.6 Å². The molecule has 0 unspecified atom stereocenters. The second-order valence-electron chi connectivity index (χ2n) is 18.6. The van der Waals surface area contributed by atoms with E-state index in [1.54, 1.807) is 0 Å². The van der Waals surface area contributed by atoms with Crippen LogP contribution in [0.5, 0.6) is 0 Å². The number of para-hydroxylation sites is 4. The van der Waals surface area contributed by atoms with Crippen molar-refractivity contribution in [3.63, 3.8) is 0 Å². The molecule has 0 aromatic heterocycles. The van der Waals surface area contributed by atoms with E-state index in [1.807, 2.05) is 0 Å². The van der Waals surface area contributed by atoms with Gasteiger partial charge in [0.1, 0.15) is 0 Å². The Morgan fingerprint density at radius 3 is 0.408 bits per heavy atom. The van der Waals surface area contributed by atoms with E-state index in [1.165, 1.54) is 27.8 Å². The van der Waals surface area contributed by atoms with E-state index in [2.05, 4.69) is 347 Å². The monoisotopic (exact) mass is 974 g/mol. The van der Waals surface area contributed by atoms with Crippen molar-refractivity contribution in [2.24, 2.45) is 0 Å². The quantitative estimate of drug-likeness (QED) is 0.101. The zero-order valence-electron chi connectivity index (χ0n) is 42.0. The molecule has 12 aromatic rings. The fourth-order valence-electron chi connectivity index (χ4n) is 10.1. The van der Waals surface area contributed by atoms with Crippen LogP contribution in [0.4, 0.5) is 68.2 Å². The molecule has 12 rings (SSSR count). The van der Waals surface area contributed by atoms with Crippen molar-refractivity contribution in [1.82, 2.24) is 0 Å². The predicted octanol–water partition coefficient (Wildman–Crippen LogP) is 20.6. The van der Waals surface area contributed by atoms with E-state index in [0.717, 1.165) is 73.8 Å². The molecule has 0 saturated carbocycles. The smallest absolute Gasteiger partial charge is 0.0463 e. The van der Waals surface area contributed by atoms with Gasteiger partial charge in [0.15, 0.2) is 0 Å². The van der Waals surface area contributed by atoms with Crippen molar-refractivity contribution < 1.29 is 0 Å². The summed E-state index contributed by atoms with van der Waals surface area (Å²) < 4.78 is 0. The summed E-state index contributed by atoms with van der Waals surface area (Å²) in [6, 6.07) is 117. The van der Waals surface area contributed by atoms with Gasteiger partial charge >= 0.3 is 0 Å². The molecule has 0 aliphatic carbocycles. The van der Waals surface area contributed by atoms with Crippen LogP contribution in [0.3, 0.4) is 0 Å². The standard InChI is InChI=1S/C72H54N4/c1-7-19-55(20-8-1)57-31-33-58(34-32-57)60-37-41-66(42-38-60)76(70-49-45-68(46-50-70)74(63-27-15-5-16-28-63)64-29-17-6-18-30-64)72-53-51-71(52-54-72)75(65-39-35-59(36-40-65)56-21-9-2-10-22-56)69-47-43-67(44-48-69)73(61-23-11-3-12-24-61)62-25-13-4-14-26-62/h1-54H. The van der Waals surface area contributed by atoms with Gasteiger partial charge in [0.25, 0.3) is 0 Å². The minimum Gasteiger partial charge on any atom is -0.311 e. The van der Waals surface area contributed by atoms with Crippen LogP contribution >= 0.6 is 0 Å². The first-order valence-corrected chi connectivity index (χ1v) is 25.8. The van der Waals surface area contributed by atoms with Crippen molar-refractivity contribution in [1.29, 1.82) is 0 Å². The largest absolute Gasteiger partial charge is 0.311 e. The fraction of sp³-hybridized carbons (Fsp3) is 0. The average molecular weight is 975 g/mol. The van der Waals surface area contributed by atoms with Gasteiger partial charge in [-0.15, -0.1) is 0 Å². The van der Waals surface area contributed by atoms with Gasteiger partial charge < -0.3 is 19.6 Å². The molecule has 0 aliphatic heterocycles. The van der Waals surface area contributed by atoms with E-state index in [9.17, 15) is 0 Å². The van der Waals surface area contributed by atoms with Gasteiger partial charge in [0, 0.05) is 68.2 Å². The van der Waals surface area contributed by atoms with Crippen LogP contribution in [0, 0.1) is 0 Å². The Hall–Kier alpha value is -10.2. The van der Waals surface area contributed by atoms with Gasteiger partial charge in [-0.3, -0.25) is 0 Å². The highest BCUT2D eigenvalue weighted by Crippen LogP contribution is 2.43. The summed E-state index contributed by atoms with van der Waals surface area (Å²) in [5.74, 6) is 0. The maximum atomic E-state index is 2.35. The second-order valence-corrected chi connectivity index (χ2v) is 18.6. The van der Waals surface area contributed by atoms with Crippen LogP contribution < -0.4 is 19.6 Å². The first-order chi connectivity index (χ1) is 37.7. The molecule has 0 atom stereocenters. The zero-order valence-corrected chi connectivity index (χ0v) is 42.0. The SMILES string of the molecule is c1ccc(-c2ccc(-c3ccc(N(c4ccc(N(c5ccccc5)c5ccccc5)cc4)c4ccc(N(c5ccc(-c6ccccc6)cc5)c5ccc(N(c6ccccc6)c6ccccc6)cc5)cc4)cc3)cc2)cc1. The lowest BCUT2D eigenvalue weighted by molar-refractivity contribution is 1.24. The summed E-state index contributed by atoms with van der Waals surface area (Å²) in [5, 5.41) is 0. The lowest BCUT2D eigenvalue weighted by Crippen LogP contribution is -2.13. The number of hydrogen-bond acceptors (Lipinski definition) is 4. The maximum absolute atomic E-state index is 2.35. The molecule has 0 N–H and O–H groups in total. The predicted molar refractivity (Wildman–Crippen MR) is 321 cm³/mol. The summed E-state index contributed by atoms with van der Waals surface area (Å²) in [5.41, 5.74) is 19.9. The number of nitrogens with zero attached hydrogens (tertiary/aromatic N) is 4. The Morgan fingerprint density at radius 2 is 0.224 bits per heavy atom. The second kappa shape index (κ2) is 21.9. The molecule has 0 saturated heterocycles. The topological polar surface area (TPSA) is 13.0 Å². The van der Waals surface area contributed by atoms with Crippen LogP contribution in [0.1, 0.15) is 0 Å². The Labute approximate surface area is 446 Å². The highest BCUT2D eigenvalue weighted by Gasteiger charge is 2.20. The summed E-state index contributed by atoms with van der Waals surface area (Å²) in [6.45, 7) is 0. The normalized spacial score (nSPS) is 10.9. The first kappa shape index (κ1) is 46.9. The number of anilines is 12. The van der Waals surface area contributed by atoms with Gasteiger partial charge in [-0.05, 0) is 179 Å². The molecular formula is C72H54N4. The Kier molecular flexibility index (Phi) is 13.5. The molecule has 0 aliphatic rings. The van der Waals surface area contributed by atoms with E-state index in [4.69, 9.17) is 0 Å². The highest BCUT2D eigenvalue weighted by atomic mass is 15.2. The lowest BCUT2D eigenvalue weighted by atomic mass is 10.00. The molecule has 0 amide bonds. The molecule has 12 aromatic carbocycles. The van der Waals surface area contributed by atoms with Gasteiger partial charge in [-0.25, -0.2) is 0 Å². The zero-order chi connectivity index (χ0) is 50.9. The third-order valence-electron chi connectivity index (χ3n) is 13.8. The summed E-state index contributed by atoms with van der Waals surface area (Å²) in [7, 11) is 0. The lowest BCUT2D eigenvalue weighted by Gasteiger charge is -2.30. The van der Waals surface area contributed by atoms with Crippen LogP contribution in [0.15, 0.2) is 328 Å². The van der Waals surface area contributed by atoms with Crippen molar-refractivity contribution >= 4 is 68.2 Å². The first-order valence-electron chi connectivity index (χ1n) is 25.8. The van der Waals surface area contributed by atoms with Crippen LogP contribution in [0.25, 0.3) is 33.4 Å². The third kappa shape index (κ3) is 10.1. The summed E-state index contributed by atoms with van der Waals surface area (Å²) >= 11 is 0. The molecule has 0 fully saturated rings. The maximum Gasteiger partial charge on any atom is 0.0463 e. The Bertz CT molecular complexity index is 3650. The molecule has 0 bridgehead atoms. The third-order valence-corrected chi connectivity index (χ3v) is 13.8. The molecule has 0 heterocycles. The van der Waals surface area contributed by atoms with E-state index >= 15 is 0 Å². The van der Waals surface area contributed by atoms with E-state index < -0.39 is 0 Å². The van der Waals surface area contributed by atoms with Gasteiger partial charge in [-0.1, -0.05) is 182 Å². The Morgan fingerprint density at radius 1 is 0.105 bits per heavy atom. The molecular weight excluding hydrogens is 921 g/mol. The molecule has 0 radical (unpaired) electrons. The molecule has 362 valence electrons. The molecule has 76 heavy (non-hydrogen) atoms. The molecule has 0 spiro atoms. The highest BCUT2D eigenvalue weighted by molar-refractivity contribution is 5.86. The van der Waals surface area contributed by atoms with Gasteiger partial charge in [-0.2, -0.15) is 0 Å². The summed E-state index contributed by atoms with van der Waals surface area (Å²) in [4.78, 5) is 9.29. The van der Waals surface area contributed by atoms with Crippen molar-refractivity contribution in [3.8, 4) is 33.4 Å². The molecule has 4 heteroatoms. The van der Waals surface area contributed by atoms with Gasteiger partial charge in [0.05, 0.1) is 0 Å². The molecule has 4 nitrogen and oxygen atoms in total. The van der Waals surface area contributed by atoms with Crippen LogP contribution in [-0.4, -0.2) is 0 Å². The minimum atomic E-state index is 1.04. The van der Waals surface area contributed by atoms with Crippen LogP contribution in [0.2, 0.25) is 0 Å².